The standard InChI is InChI=1S/C25H20FNO3/c1-16-22(28)19-12-8-13-20(24(19)30-23(16)17-9-4-3-5-10-17)25(29)27(2)15-18-11-6-7-14-21(18)26/h3-14H,15H2,1-2H3. The number of carbonyl (C=O) groups is 1. The number of nitrogens with zero attached hydrogens (tertiary/aromatic N) is 1. The van der Waals surface area contributed by atoms with Gasteiger partial charge in [-0.1, -0.05) is 54.6 Å². The zero-order valence-electron chi connectivity index (χ0n) is 16.7. The molecule has 0 N–H and O–H groups in total. The predicted molar refractivity (Wildman–Crippen MR) is 115 cm³/mol. The molecular weight excluding hydrogens is 381 g/mol. The summed E-state index contributed by atoms with van der Waals surface area (Å²) in [5.74, 6) is -0.288. The molecule has 1 aromatic heterocycles. The number of carbonyl (C=O) groups excluding carboxylic acids is 1. The van der Waals surface area contributed by atoms with Gasteiger partial charge in [0.25, 0.3) is 5.91 Å². The van der Waals surface area contributed by atoms with E-state index in [4.69, 9.17) is 4.42 Å². The summed E-state index contributed by atoms with van der Waals surface area (Å²) in [4.78, 5) is 27.5. The third-order valence-corrected chi connectivity index (χ3v) is 5.12. The summed E-state index contributed by atoms with van der Waals surface area (Å²) >= 11 is 0. The predicted octanol–water partition coefficient (Wildman–Crippen LogP) is 5.18. The smallest absolute Gasteiger partial charge is 0.257 e. The summed E-state index contributed by atoms with van der Waals surface area (Å²) in [5, 5.41) is 0.345. The van der Waals surface area contributed by atoms with E-state index in [9.17, 15) is 14.0 Å². The third kappa shape index (κ3) is 3.50. The molecule has 0 spiro atoms. The molecule has 0 atom stereocenters. The first-order valence-corrected chi connectivity index (χ1v) is 9.58. The summed E-state index contributed by atoms with van der Waals surface area (Å²) in [5.41, 5.74) is 1.98. The Bertz CT molecular complexity index is 1300. The Labute approximate surface area is 173 Å². The quantitative estimate of drug-likeness (QED) is 0.473. The molecular formula is C25H20FNO3. The summed E-state index contributed by atoms with van der Waals surface area (Å²) in [6.45, 7) is 1.82. The zero-order chi connectivity index (χ0) is 21.3. The van der Waals surface area contributed by atoms with Crippen LogP contribution in [0.25, 0.3) is 22.3 Å². The van der Waals surface area contributed by atoms with Gasteiger partial charge in [0.15, 0.2) is 11.0 Å². The summed E-state index contributed by atoms with van der Waals surface area (Å²) in [6.07, 6.45) is 0. The van der Waals surface area contributed by atoms with Gasteiger partial charge in [-0.15, -0.1) is 0 Å². The second kappa shape index (κ2) is 7.95. The number of benzene rings is 3. The first-order valence-electron chi connectivity index (χ1n) is 9.58. The van der Waals surface area contributed by atoms with Gasteiger partial charge >= 0.3 is 0 Å². The molecule has 30 heavy (non-hydrogen) atoms. The van der Waals surface area contributed by atoms with Gasteiger partial charge in [-0.25, -0.2) is 4.39 Å². The van der Waals surface area contributed by atoms with Crippen molar-refractivity contribution in [3.8, 4) is 11.3 Å². The van der Waals surface area contributed by atoms with E-state index in [0.717, 1.165) is 5.56 Å². The van der Waals surface area contributed by atoms with Gasteiger partial charge in [0, 0.05) is 30.3 Å². The van der Waals surface area contributed by atoms with Crippen molar-refractivity contribution in [1.82, 2.24) is 4.90 Å². The first-order chi connectivity index (χ1) is 14.5. The Balaban J connectivity index is 1.81. The number of amides is 1. The molecule has 0 aliphatic heterocycles. The maximum absolute atomic E-state index is 14.0. The minimum Gasteiger partial charge on any atom is -0.455 e. The number of hydrogen-bond acceptors (Lipinski definition) is 3. The molecule has 1 heterocycles. The molecule has 0 radical (unpaired) electrons. The minimum absolute atomic E-state index is 0.101. The Morgan fingerprint density at radius 2 is 1.67 bits per heavy atom. The van der Waals surface area contributed by atoms with E-state index in [2.05, 4.69) is 0 Å². The number of halogens is 1. The molecule has 1 amide bonds. The largest absolute Gasteiger partial charge is 0.455 e. The van der Waals surface area contributed by atoms with Crippen LogP contribution < -0.4 is 5.43 Å². The Hall–Kier alpha value is -3.73. The lowest BCUT2D eigenvalue weighted by molar-refractivity contribution is 0.0784. The van der Waals surface area contributed by atoms with Gasteiger partial charge in [0.2, 0.25) is 0 Å². The average molecular weight is 401 g/mol. The molecule has 0 unspecified atom stereocenters. The SMILES string of the molecule is Cc1c(-c2ccccc2)oc2c(C(=O)N(C)Cc3ccccc3F)cccc2c1=O. The second-order valence-electron chi connectivity index (χ2n) is 7.19. The van der Waals surface area contributed by atoms with Crippen LogP contribution in [0.1, 0.15) is 21.5 Å². The van der Waals surface area contributed by atoms with Crippen LogP contribution in [0.15, 0.2) is 82.0 Å². The van der Waals surface area contributed by atoms with E-state index in [1.54, 1.807) is 50.4 Å². The highest BCUT2D eigenvalue weighted by Crippen LogP contribution is 2.28. The third-order valence-electron chi connectivity index (χ3n) is 5.12. The van der Waals surface area contributed by atoms with Gasteiger partial charge in [-0.2, -0.15) is 0 Å². The maximum atomic E-state index is 14.0. The molecule has 0 aliphatic rings. The number of hydrogen-bond donors (Lipinski definition) is 0. The van der Waals surface area contributed by atoms with Crippen LogP contribution in [0.3, 0.4) is 0 Å². The summed E-state index contributed by atoms with van der Waals surface area (Å²) < 4.78 is 20.1. The van der Waals surface area contributed by atoms with Crippen LogP contribution >= 0.6 is 0 Å². The molecule has 5 heteroatoms. The Morgan fingerprint density at radius 3 is 2.40 bits per heavy atom. The molecule has 0 saturated heterocycles. The highest BCUT2D eigenvalue weighted by molar-refractivity contribution is 6.05. The summed E-state index contributed by atoms with van der Waals surface area (Å²) in [6, 6.07) is 20.6. The van der Waals surface area contributed by atoms with E-state index in [1.165, 1.54) is 11.0 Å². The van der Waals surface area contributed by atoms with Crippen molar-refractivity contribution in [2.24, 2.45) is 0 Å². The molecule has 4 rings (SSSR count). The lowest BCUT2D eigenvalue weighted by atomic mass is 10.0. The van der Waals surface area contributed by atoms with Crippen molar-refractivity contribution >= 4 is 16.9 Å². The van der Waals surface area contributed by atoms with Gasteiger partial charge in [0.1, 0.15) is 11.6 Å². The second-order valence-corrected chi connectivity index (χ2v) is 7.19. The first kappa shape index (κ1) is 19.6. The van der Waals surface area contributed by atoms with Crippen LogP contribution in [0.2, 0.25) is 0 Å². The van der Waals surface area contributed by atoms with Crippen molar-refractivity contribution in [1.29, 1.82) is 0 Å². The molecule has 0 aliphatic carbocycles. The van der Waals surface area contributed by atoms with Crippen LogP contribution in [0.5, 0.6) is 0 Å². The average Bonchev–Trinajstić information content (AvgIpc) is 2.77. The fraction of sp³-hybridized carbons (Fsp3) is 0.120. The van der Waals surface area contributed by atoms with Gasteiger partial charge in [-0.3, -0.25) is 9.59 Å². The van der Waals surface area contributed by atoms with E-state index in [-0.39, 0.29) is 34.8 Å². The number of rotatable bonds is 4. The molecule has 0 bridgehead atoms. The van der Waals surface area contributed by atoms with Gasteiger partial charge in [0.05, 0.1) is 10.9 Å². The lowest BCUT2D eigenvalue weighted by Crippen LogP contribution is -2.27. The monoisotopic (exact) mass is 401 g/mol. The van der Waals surface area contributed by atoms with Crippen LogP contribution in [0, 0.1) is 12.7 Å². The van der Waals surface area contributed by atoms with E-state index in [0.29, 0.717) is 22.3 Å². The fourth-order valence-corrected chi connectivity index (χ4v) is 3.50. The van der Waals surface area contributed by atoms with Crippen molar-refractivity contribution in [2.75, 3.05) is 7.05 Å². The highest BCUT2D eigenvalue weighted by atomic mass is 19.1. The summed E-state index contributed by atoms with van der Waals surface area (Å²) in [7, 11) is 1.60. The minimum atomic E-state index is -0.372. The van der Waals surface area contributed by atoms with E-state index >= 15 is 0 Å². The molecule has 0 fully saturated rings. The Kier molecular flexibility index (Phi) is 5.19. The molecule has 4 nitrogen and oxygen atoms in total. The molecule has 3 aromatic carbocycles. The zero-order valence-corrected chi connectivity index (χ0v) is 16.7. The number of fused-ring (bicyclic) bond motifs is 1. The number of para-hydroxylation sites is 1. The Morgan fingerprint density at radius 1 is 0.967 bits per heavy atom. The van der Waals surface area contributed by atoms with Crippen LogP contribution in [-0.4, -0.2) is 17.9 Å². The van der Waals surface area contributed by atoms with Crippen molar-refractivity contribution in [2.45, 2.75) is 13.5 Å². The van der Waals surface area contributed by atoms with Crippen molar-refractivity contribution < 1.29 is 13.6 Å². The normalized spacial score (nSPS) is 10.9. The van der Waals surface area contributed by atoms with Crippen molar-refractivity contribution in [3.63, 3.8) is 0 Å². The van der Waals surface area contributed by atoms with Gasteiger partial charge < -0.3 is 9.32 Å². The van der Waals surface area contributed by atoms with Crippen LogP contribution in [-0.2, 0) is 6.54 Å². The van der Waals surface area contributed by atoms with E-state index in [1.807, 2.05) is 30.3 Å². The van der Waals surface area contributed by atoms with Gasteiger partial charge in [-0.05, 0) is 25.1 Å². The lowest BCUT2D eigenvalue weighted by Gasteiger charge is -2.18. The van der Waals surface area contributed by atoms with E-state index < -0.39 is 0 Å². The van der Waals surface area contributed by atoms with Crippen molar-refractivity contribution in [3.05, 3.63) is 106 Å². The highest BCUT2D eigenvalue weighted by Gasteiger charge is 2.21. The van der Waals surface area contributed by atoms with Crippen LogP contribution in [0.4, 0.5) is 4.39 Å². The molecule has 150 valence electrons. The molecule has 0 saturated carbocycles. The fourth-order valence-electron chi connectivity index (χ4n) is 3.50. The maximum Gasteiger partial charge on any atom is 0.257 e. The topological polar surface area (TPSA) is 50.5 Å². The molecule has 4 aromatic rings.